The Labute approximate surface area is 167 Å². The second-order valence-corrected chi connectivity index (χ2v) is 7.36. The third-order valence-corrected chi connectivity index (χ3v) is 5.29. The van der Waals surface area contributed by atoms with E-state index >= 15 is 0 Å². The Morgan fingerprint density at radius 2 is 2.11 bits per heavy atom. The van der Waals surface area contributed by atoms with Crippen molar-refractivity contribution in [3.05, 3.63) is 71.1 Å². The fourth-order valence-corrected chi connectivity index (χ4v) is 3.71. The van der Waals surface area contributed by atoms with Crippen molar-refractivity contribution < 1.29 is 13.9 Å². The van der Waals surface area contributed by atoms with Crippen LogP contribution in [0.25, 0.3) is 10.9 Å². The molecule has 1 aliphatic heterocycles. The Morgan fingerprint density at radius 3 is 2.96 bits per heavy atom. The SMILES string of the molecule is O=C(CCc1ccc(F)c(Cl)c1)N1CCC(Oc2cccc3cccnc23)C1. The van der Waals surface area contributed by atoms with Crippen LogP contribution in [0.2, 0.25) is 5.02 Å². The highest BCUT2D eigenvalue weighted by molar-refractivity contribution is 6.30. The van der Waals surface area contributed by atoms with Gasteiger partial charge in [-0.05, 0) is 36.2 Å². The van der Waals surface area contributed by atoms with Crippen molar-refractivity contribution >= 4 is 28.4 Å². The first-order chi connectivity index (χ1) is 13.6. The number of nitrogens with zero attached hydrogens (tertiary/aromatic N) is 2. The van der Waals surface area contributed by atoms with E-state index in [1.807, 2.05) is 35.2 Å². The number of hydrogen-bond acceptors (Lipinski definition) is 3. The third-order valence-electron chi connectivity index (χ3n) is 5.00. The summed E-state index contributed by atoms with van der Waals surface area (Å²) in [6, 6.07) is 14.3. The lowest BCUT2D eigenvalue weighted by Gasteiger charge is -2.18. The highest BCUT2D eigenvalue weighted by Crippen LogP contribution is 2.26. The second-order valence-electron chi connectivity index (χ2n) is 6.95. The number of carbonyl (C=O) groups excluding carboxylic acids is 1. The van der Waals surface area contributed by atoms with Crippen LogP contribution < -0.4 is 4.74 Å². The van der Waals surface area contributed by atoms with Crippen LogP contribution in [0.3, 0.4) is 0 Å². The molecule has 144 valence electrons. The molecule has 1 fully saturated rings. The molecule has 0 bridgehead atoms. The van der Waals surface area contributed by atoms with Gasteiger partial charge in [0.05, 0.1) is 11.6 Å². The smallest absolute Gasteiger partial charge is 0.223 e. The predicted molar refractivity (Wildman–Crippen MR) is 107 cm³/mol. The van der Waals surface area contributed by atoms with Crippen molar-refractivity contribution in [3.63, 3.8) is 0 Å². The Hall–Kier alpha value is -2.66. The molecular weight excluding hydrogens is 379 g/mol. The van der Waals surface area contributed by atoms with Crippen molar-refractivity contribution in [2.75, 3.05) is 13.1 Å². The number of rotatable bonds is 5. The highest BCUT2D eigenvalue weighted by atomic mass is 35.5. The number of fused-ring (bicyclic) bond motifs is 1. The number of benzene rings is 2. The van der Waals surface area contributed by atoms with E-state index in [1.165, 1.54) is 6.07 Å². The van der Waals surface area contributed by atoms with Gasteiger partial charge in [0.15, 0.2) is 0 Å². The van der Waals surface area contributed by atoms with Gasteiger partial charge in [0, 0.05) is 31.0 Å². The average Bonchev–Trinajstić information content (AvgIpc) is 3.18. The Balaban J connectivity index is 1.34. The van der Waals surface area contributed by atoms with Gasteiger partial charge in [0.1, 0.15) is 23.2 Å². The lowest BCUT2D eigenvalue weighted by Crippen LogP contribution is -2.31. The molecule has 4 rings (SSSR count). The fourth-order valence-electron chi connectivity index (χ4n) is 3.51. The topological polar surface area (TPSA) is 42.4 Å². The number of halogens is 2. The first-order valence-corrected chi connectivity index (χ1v) is 9.70. The quantitative estimate of drug-likeness (QED) is 0.628. The molecule has 1 aliphatic rings. The molecule has 1 aromatic heterocycles. The minimum Gasteiger partial charge on any atom is -0.486 e. The Bertz CT molecular complexity index is 1010. The molecule has 2 aromatic carbocycles. The maximum atomic E-state index is 13.2. The standard InChI is InChI=1S/C22H20ClFN2O2/c23-18-13-15(6-8-19(18)24)7-9-21(27)26-12-10-17(14-26)28-20-5-1-3-16-4-2-11-25-22(16)20/h1-6,8,11,13,17H,7,9-10,12,14H2. The van der Waals surface area contributed by atoms with Crippen molar-refractivity contribution in [1.82, 2.24) is 9.88 Å². The van der Waals surface area contributed by atoms with Crippen molar-refractivity contribution in [2.45, 2.75) is 25.4 Å². The lowest BCUT2D eigenvalue weighted by molar-refractivity contribution is -0.130. The number of ether oxygens (including phenoxy) is 1. The molecule has 3 aromatic rings. The number of amides is 1. The molecule has 4 nitrogen and oxygen atoms in total. The number of hydrogen-bond donors (Lipinski definition) is 0. The zero-order valence-electron chi connectivity index (χ0n) is 15.3. The average molecular weight is 399 g/mol. The van der Waals surface area contributed by atoms with Crippen LogP contribution in [0.1, 0.15) is 18.4 Å². The summed E-state index contributed by atoms with van der Waals surface area (Å²) in [6.07, 6.45) is 3.40. The summed E-state index contributed by atoms with van der Waals surface area (Å²) in [5, 5.41) is 1.12. The van der Waals surface area contributed by atoms with Crippen LogP contribution in [0.4, 0.5) is 4.39 Å². The van der Waals surface area contributed by atoms with Crippen molar-refractivity contribution in [2.24, 2.45) is 0 Å². The number of para-hydroxylation sites is 1. The minimum absolute atomic E-state index is 0.0446. The zero-order valence-corrected chi connectivity index (χ0v) is 16.0. The van der Waals surface area contributed by atoms with E-state index < -0.39 is 5.82 Å². The first kappa shape index (κ1) is 18.7. The van der Waals surface area contributed by atoms with Gasteiger partial charge in [-0.2, -0.15) is 0 Å². The number of pyridine rings is 1. The maximum absolute atomic E-state index is 13.2. The van der Waals surface area contributed by atoms with Gasteiger partial charge >= 0.3 is 0 Å². The van der Waals surface area contributed by atoms with Crippen LogP contribution in [-0.4, -0.2) is 35.0 Å². The van der Waals surface area contributed by atoms with Crippen molar-refractivity contribution in [1.29, 1.82) is 0 Å². The molecule has 1 unspecified atom stereocenters. The van der Waals surface area contributed by atoms with E-state index in [0.29, 0.717) is 25.9 Å². The largest absolute Gasteiger partial charge is 0.486 e. The van der Waals surface area contributed by atoms with Gasteiger partial charge in [0.2, 0.25) is 5.91 Å². The van der Waals surface area contributed by atoms with E-state index in [2.05, 4.69) is 4.98 Å². The van der Waals surface area contributed by atoms with Crippen LogP contribution in [-0.2, 0) is 11.2 Å². The van der Waals surface area contributed by atoms with Gasteiger partial charge in [-0.25, -0.2) is 4.39 Å². The molecule has 6 heteroatoms. The summed E-state index contributed by atoms with van der Waals surface area (Å²) in [4.78, 5) is 18.8. The third kappa shape index (κ3) is 4.09. The fraction of sp³-hybridized carbons (Fsp3) is 0.273. The van der Waals surface area contributed by atoms with Crippen LogP contribution in [0.15, 0.2) is 54.7 Å². The molecule has 0 saturated carbocycles. The van der Waals surface area contributed by atoms with E-state index in [4.69, 9.17) is 16.3 Å². The molecule has 0 aliphatic carbocycles. The normalized spacial score (nSPS) is 16.5. The molecule has 0 radical (unpaired) electrons. The molecule has 28 heavy (non-hydrogen) atoms. The van der Waals surface area contributed by atoms with E-state index in [9.17, 15) is 9.18 Å². The predicted octanol–water partition coefficient (Wildman–Crippen LogP) is 4.64. The number of aryl methyl sites for hydroxylation is 1. The number of likely N-dealkylation sites (tertiary alicyclic amines) is 1. The number of carbonyl (C=O) groups is 1. The van der Waals surface area contributed by atoms with Gasteiger partial charge in [-0.15, -0.1) is 0 Å². The highest BCUT2D eigenvalue weighted by Gasteiger charge is 2.27. The van der Waals surface area contributed by atoms with Gasteiger partial charge in [0.25, 0.3) is 0 Å². The van der Waals surface area contributed by atoms with Crippen LogP contribution in [0, 0.1) is 5.82 Å². The van der Waals surface area contributed by atoms with E-state index in [0.717, 1.165) is 28.6 Å². The molecule has 1 amide bonds. The maximum Gasteiger partial charge on any atom is 0.223 e. The monoisotopic (exact) mass is 398 g/mol. The Kier molecular flexibility index (Phi) is 5.44. The number of aromatic nitrogens is 1. The molecule has 2 heterocycles. The summed E-state index contributed by atoms with van der Waals surface area (Å²) >= 11 is 5.80. The van der Waals surface area contributed by atoms with Crippen molar-refractivity contribution in [3.8, 4) is 5.75 Å². The van der Waals surface area contributed by atoms with Crippen LogP contribution >= 0.6 is 11.6 Å². The first-order valence-electron chi connectivity index (χ1n) is 9.32. The molecule has 0 spiro atoms. The summed E-state index contributed by atoms with van der Waals surface area (Å²) < 4.78 is 19.4. The van der Waals surface area contributed by atoms with Gasteiger partial charge in [-0.1, -0.05) is 35.9 Å². The Morgan fingerprint density at radius 1 is 1.25 bits per heavy atom. The van der Waals surface area contributed by atoms with Gasteiger partial charge < -0.3 is 9.64 Å². The second kappa shape index (κ2) is 8.15. The summed E-state index contributed by atoms with van der Waals surface area (Å²) in [5.41, 5.74) is 1.69. The molecule has 0 N–H and O–H groups in total. The van der Waals surface area contributed by atoms with Gasteiger partial charge in [-0.3, -0.25) is 9.78 Å². The van der Waals surface area contributed by atoms with Crippen LogP contribution in [0.5, 0.6) is 5.75 Å². The summed E-state index contributed by atoms with van der Waals surface area (Å²) in [5.74, 6) is 0.375. The van der Waals surface area contributed by atoms with E-state index in [1.54, 1.807) is 18.3 Å². The molecular formula is C22H20ClFN2O2. The van der Waals surface area contributed by atoms with E-state index in [-0.39, 0.29) is 17.0 Å². The zero-order chi connectivity index (χ0) is 19.5. The lowest BCUT2D eigenvalue weighted by atomic mass is 10.1. The summed E-state index contributed by atoms with van der Waals surface area (Å²) in [7, 11) is 0. The molecule has 1 atom stereocenters. The summed E-state index contributed by atoms with van der Waals surface area (Å²) in [6.45, 7) is 1.23. The molecule has 1 saturated heterocycles. The minimum atomic E-state index is -0.445.